The molecule has 0 aromatic carbocycles. The summed E-state index contributed by atoms with van der Waals surface area (Å²) < 4.78 is 26.2. The highest BCUT2D eigenvalue weighted by Gasteiger charge is 2.18. The standard InChI is InChI=1S/C11H17ClN2O2S/c1-9(6-12)8-17(15,16)14-10(2)11-4-3-5-13-7-11/h3-5,7,9-10,14H,6,8H2,1-2H3/t9?,10-/m0/s1. The lowest BCUT2D eigenvalue weighted by atomic mass is 10.2. The van der Waals surface area contributed by atoms with Crippen molar-refractivity contribution in [1.29, 1.82) is 0 Å². The van der Waals surface area contributed by atoms with Gasteiger partial charge in [0.1, 0.15) is 0 Å². The molecule has 1 rings (SSSR count). The Hall–Kier alpha value is -0.650. The predicted octanol–water partition coefficient (Wildman–Crippen LogP) is 1.94. The van der Waals surface area contributed by atoms with Crippen LogP contribution in [0.2, 0.25) is 0 Å². The van der Waals surface area contributed by atoms with Crippen LogP contribution >= 0.6 is 11.6 Å². The van der Waals surface area contributed by atoms with Crippen molar-refractivity contribution in [2.75, 3.05) is 11.6 Å². The zero-order chi connectivity index (χ0) is 12.9. The molecule has 0 spiro atoms. The van der Waals surface area contributed by atoms with E-state index in [0.717, 1.165) is 5.56 Å². The maximum absolute atomic E-state index is 11.8. The molecule has 6 heteroatoms. The van der Waals surface area contributed by atoms with Crippen molar-refractivity contribution in [3.63, 3.8) is 0 Å². The number of hydrogen-bond acceptors (Lipinski definition) is 3. The van der Waals surface area contributed by atoms with Gasteiger partial charge in [-0.25, -0.2) is 13.1 Å². The molecule has 17 heavy (non-hydrogen) atoms. The average molecular weight is 277 g/mol. The maximum Gasteiger partial charge on any atom is 0.212 e. The first kappa shape index (κ1) is 14.4. The topological polar surface area (TPSA) is 59.1 Å². The SMILES string of the molecule is CC(CCl)CS(=O)(=O)N[C@@H](C)c1cccnc1. The molecule has 1 unspecified atom stereocenters. The van der Waals surface area contributed by atoms with Gasteiger partial charge in [0.2, 0.25) is 10.0 Å². The normalized spacial score (nSPS) is 15.5. The Bertz CT molecular complexity index is 436. The molecule has 0 aliphatic carbocycles. The lowest BCUT2D eigenvalue weighted by molar-refractivity contribution is 0.555. The molecule has 0 radical (unpaired) electrons. The number of hydrogen-bond donors (Lipinski definition) is 1. The average Bonchev–Trinajstić information content (AvgIpc) is 2.28. The fourth-order valence-corrected chi connectivity index (χ4v) is 3.31. The quantitative estimate of drug-likeness (QED) is 0.808. The fraction of sp³-hybridized carbons (Fsp3) is 0.545. The Kier molecular flexibility index (Phi) is 5.36. The lowest BCUT2D eigenvalue weighted by Crippen LogP contribution is -2.31. The van der Waals surface area contributed by atoms with Gasteiger partial charge in [0, 0.05) is 24.3 Å². The number of sulfonamides is 1. The molecule has 4 nitrogen and oxygen atoms in total. The zero-order valence-corrected chi connectivity index (χ0v) is 11.5. The van der Waals surface area contributed by atoms with Crippen LogP contribution in [0.3, 0.4) is 0 Å². The van der Waals surface area contributed by atoms with E-state index in [-0.39, 0.29) is 17.7 Å². The van der Waals surface area contributed by atoms with Gasteiger partial charge in [0.05, 0.1) is 5.75 Å². The number of pyridine rings is 1. The second kappa shape index (κ2) is 6.33. The van der Waals surface area contributed by atoms with E-state index < -0.39 is 10.0 Å². The molecule has 1 N–H and O–H groups in total. The van der Waals surface area contributed by atoms with Crippen molar-refractivity contribution in [3.8, 4) is 0 Å². The van der Waals surface area contributed by atoms with Gasteiger partial charge < -0.3 is 0 Å². The van der Waals surface area contributed by atoms with Crippen LogP contribution in [-0.4, -0.2) is 25.0 Å². The van der Waals surface area contributed by atoms with Gasteiger partial charge in [0.25, 0.3) is 0 Å². The van der Waals surface area contributed by atoms with E-state index in [1.54, 1.807) is 32.3 Å². The molecule has 1 aromatic rings. The molecule has 0 amide bonds. The number of aromatic nitrogens is 1. The summed E-state index contributed by atoms with van der Waals surface area (Å²) in [5.41, 5.74) is 0.842. The summed E-state index contributed by atoms with van der Waals surface area (Å²) in [4.78, 5) is 3.96. The molecular weight excluding hydrogens is 260 g/mol. The molecule has 0 fully saturated rings. The van der Waals surface area contributed by atoms with E-state index in [2.05, 4.69) is 9.71 Å². The van der Waals surface area contributed by atoms with Crippen molar-refractivity contribution in [2.24, 2.45) is 5.92 Å². The Morgan fingerprint density at radius 2 is 2.18 bits per heavy atom. The largest absolute Gasteiger partial charge is 0.264 e. The summed E-state index contributed by atoms with van der Waals surface area (Å²) in [6.07, 6.45) is 3.30. The van der Waals surface area contributed by atoms with Gasteiger partial charge in [-0.1, -0.05) is 13.0 Å². The third kappa shape index (κ3) is 5.02. The van der Waals surface area contributed by atoms with Gasteiger partial charge in [0.15, 0.2) is 0 Å². The van der Waals surface area contributed by atoms with E-state index in [1.165, 1.54) is 0 Å². The van der Waals surface area contributed by atoms with Crippen molar-refractivity contribution in [1.82, 2.24) is 9.71 Å². The van der Waals surface area contributed by atoms with Gasteiger partial charge in [-0.2, -0.15) is 0 Å². The number of nitrogens with zero attached hydrogens (tertiary/aromatic N) is 1. The number of nitrogens with one attached hydrogen (secondary N) is 1. The van der Waals surface area contributed by atoms with E-state index in [4.69, 9.17) is 11.6 Å². The summed E-state index contributed by atoms with van der Waals surface area (Å²) in [6.45, 7) is 3.60. The molecule has 0 aliphatic rings. The molecule has 0 saturated carbocycles. The molecule has 2 atom stereocenters. The van der Waals surface area contributed by atoms with Crippen LogP contribution in [0.15, 0.2) is 24.5 Å². The van der Waals surface area contributed by atoms with Crippen molar-refractivity contribution < 1.29 is 8.42 Å². The van der Waals surface area contributed by atoms with Crippen molar-refractivity contribution in [2.45, 2.75) is 19.9 Å². The minimum atomic E-state index is -3.30. The highest BCUT2D eigenvalue weighted by Crippen LogP contribution is 2.12. The van der Waals surface area contributed by atoms with Gasteiger partial charge in [-0.15, -0.1) is 11.6 Å². The number of rotatable bonds is 6. The molecule has 0 bridgehead atoms. The van der Waals surface area contributed by atoms with Crippen LogP contribution in [0.4, 0.5) is 0 Å². The molecule has 1 heterocycles. The smallest absolute Gasteiger partial charge is 0.212 e. The summed E-state index contributed by atoms with van der Waals surface area (Å²) >= 11 is 5.61. The highest BCUT2D eigenvalue weighted by atomic mass is 35.5. The monoisotopic (exact) mass is 276 g/mol. The Labute approximate surface area is 107 Å². The molecule has 1 aromatic heterocycles. The van der Waals surface area contributed by atoms with E-state index in [1.807, 2.05) is 6.07 Å². The molecule has 96 valence electrons. The van der Waals surface area contributed by atoms with Crippen LogP contribution < -0.4 is 4.72 Å². The second-order valence-corrected chi connectivity index (χ2v) is 6.27. The molecule has 0 saturated heterocycles. The predicted molar refractivity (Wildman–Crippen MR) is 69.5 cm³/mol. The first-order valence-electron chi connectivity index (χ1n) is 5.40. The number of alkyl halides is 1. The fourth-order valence-electron chi connectivity index (χ4n) is 1.44. The van der Waals surface area contributed by atoms with Crippen LogP contribution in [0, 0.1) is 5.92 Å². The van der Waals surface area contributed by atoms with Gasteiger partial charge in [-0.3, -0.25) is 4.98 Å². The van der Waals surface area contributed by atoms with E-state index in [9.17, 15) is 8.42 Å². The Balaban J connectivity index is 2.65. The van der Waals surface area contributed by atoms with Crippen molar-refractivity contribution >= 4 is 21.6 Å². The highest BCUT2D eigenvalue weighted by molar-refractivity contribution is 7.89. The second-order valence-electron chi connectivity index (χ2n) is 4.17. The Morgan fingerprint density at radius 3 is 2.71 bits per heavy atom. The van der Waals surface area contributed by atoms with E-state index in [0.29, 0.717) is 5.88 Å². The molecular formula is C11H17ClN2O2S. The van der Waals surface area contributed by atoms with Crippen LogP contribution in [0.1, 0.15) is 25.5 Å². The van der Waals surface area contributed by atoms with Gasteiger partial charge >= 0.3 is 0 Å². The Morgan fingerprint density at radius 1 is 1.47 bits per heavy atom. The van der Waals surface area contributed by atoms with Crippen LogP contribution in [0.5, 0.6) is 0 Å². The van der Waals surface area contributed by atoms with Crippen molar-refractivity contribution in [3.05, 3.63) is 30.1 Å². The van der Waals surface area contributed by atoms with Crippen LogP contribution in [0.25, 0.3) is 0 Å². The maximum atomic E-state index is 11.8. The van der Waals surface area contributed by atoms with Crippen LogP contribution in [-0.2, 0) is 10.0 Å². The minimum Gasteiger partial charge on any atom is -0.264 e. The third-order valence-corrected chi connectivity index (χ3v) is 4.56. The first-order chi connectivity index (χ1) is 7.94. The minimum absolute atomic E-state index is 0.0428. The number of halogens is 1. The lowest BCUT2D eigenvalue weighted by Gasteiger charge is -2.15. The summed E-state index contributed by atoms with van der Waals surface area (Å²) in [5, 5.41) is 0. The zero-order valence-electron chi connectivity index (χ0n) is 9.93. The molecule has 0 aliphatic heterocycles. The summed E-state index contributed by atoms with van der Waals surface area (Å²) in [5.74, 6) is 0.318. The van der Waals surface area contributed by atoms with E-state index >= 15 is 0 Å². The summed E-state index contributed by atoms with van der Waals surface area (Å²) in [7, 11) is -3.30. The van der Waals surface area contributed by atoms with Gasteiger partial charge in [-0.05, 0) is 24.5 Å². The first-order valence-corrected chi connectivity index (χ1v) is 7.59. The third-order valence-electron chi connectivity index (χ3n) is 2.31. The summed E-state index contributed by atoms with van der Waals surface area (Å²) in [6, 6.07) is 3.34.